The van der Waals surface area contributed by atoms with Crippen molar-refractivity contribution in [1.29, 1.82) is 0 Å². The maximum atomic E-state index is 4.50. The largest absolute Gasteiger partial charge is 0.351 e. The van der Waals surface area contributed by atoms with Crippen molar-refractivity contribution in [3.05, 3.63) is 53.0 Å². The third-order valence-corrected chi connectivity index (χ3v) is 4.66. The number of rotatable bonds is 3. The van der Waals surface area contributed by atoms with Gasteiger partial charge in [-0.05, 0) is 17.7 Å². The summed E-state index contributed by atoms with van der Waals surface area (Å²) in [5.74, 6) is 0.923. The summed E-state index contributed by atoms with van der Waals surface area (Å²) in [6, 6.07) is 8.51. The Bertz CT molecular complexity index is 809. The van der Waals surface area contributed by atoms with Crippen molar-refractivity contribution in [1.82, 2.24) is 24.5 Å². The minimum atomic E-state index is 0.827. The number of halogens is 1. The number of hydrogen-bond donors (Lipinski definition) is 0. The maximum absolute atomic E-state index is 4.50. The predicted molar refractivity (Wildman–Crippen MR) is 92.4 cm³/mol. The van der Waals surface area contributed by atoms with Crippen LogP contribution in [-0.4, -0.2) is 50.7 Å². The molecule has 0 saturated carbocycles. The van der Waals surface area contributed by atoms with Crippen LogP contribution in [0.5, 0.6) is 0 Å². The van der Waals surface area contributed by atoms with Crippen LogP contribution in [0.1, 0.15) is 5.56 Å². The van der Waals surface area contributed by atoms with E-state index < -0.39 is 0 Å². The molecule has 1 aliphatic heterocycles. The average Bonchev–Trinajstić information content (AvgIpc) is 3.04. The van der Waals surface area contributed by atoms with Gasteiger partial charge in [-0.15, -0.1) is 10.2 Å². The summed E-state index contributed by atoms with van der Waals surface area (Å²) < 4.78 is 3.05. The van der Waals surface area contributed by atoms with Crippen LogP contribution in [0.15, 0.2) is 47.5 Å². The molecule has 0 unspecified atom stereocenters. The van der Waals surface area contributed by atoms with Crippen molar-refractivity contribution in [3.8, 4) is 0 Å². The van der Waals surface area contributed by atoms with Gasteiger partial charge in [-0.1, -0.05) is 28.1 Å². The fourth-order valence-corrected chi connectivity index (χ4v) is 3.43. The molecule has 0 aliphatic carbocycles. The minimum absolute atomic E-state index is 0.827. The average molecular weight is 373 g/mol. The molecule has 6 nitrogen and oxygen atoms in total. The Labute approximate surface area is 142 Å². The smallest absolute Gasteiger partial charge is 0.203 e. The summed E-state index contributed by atoms with van der Waals surface area (Å²) in [6.07, 6.45) is 5.39. The molecule has 0 bridgehead atoms. The van der Waals surface area contributed by atoms with E-state index in [-0.39, 0.29) is 0 Å². The molecule has 1 aliphatic rings. The van der Waals surface area contributed by atoms with E-state index in [4.69, 9.17) is 0 Å². The number of hydrogen-bond acceptors (Lipinski definition) is 5. The highest BCUT2D eigenvalue weighted by Crippen LogP contribution is 2.19. The Hall–Kier alpha value is -1.99. The molecule has 0 radical (unpaired) electrons. The third kappa shape index (κ3) is 3.07. The summed E-state index contributed by atoms with van der Waals surface area (Å²) in [7, 11) is 0. The van der Waals surface area contributed by atoms with E-state index in [9.17, 15) is 0 Å². The van der Waals surface area contributed by atoms with Gasteiger partial charge in [0.1, 0.15) is 6.33 Å². The number of piperazine rings is 1. The number of nitrogens with zero attached hydrogens (tertiary/aromatic N) is 6. The van der Waals surface area contributed by atoms with E-state index in [0.717, 1.165) is 48.7 Å². The van der Waals surface area contributed by atoms with Gasteiger partial charge in [0.15, 0.2) is 5.82 Å². The zero-order valence-corrected chi connectivity index (χ0v) is 14.2. The van der Waals surface area contributed by atoms with Gasteiger partial charge in [0.2, 0.25) is 5.65 Å². The van der Waals surface area contributed by atoms with E-state index in [1.54, 1.807) is 12.5 Å². The Morgan fingerprint density at radius 1 is 1.13 bits per heavy atom. The lowest BCUT2D eigenvalue weighted by atomic mass is 10.2. The van der Waals surface area contributed by atoms with E-state index in [2.05, 4.69) is 65.2 Å². The van der Waals surface area contributed by atoms with Crippen molar-refractivity contribution in [2.24, 2.45) is 0 Å². The summed E-state index contributed by atoms with van der Waals surface area (Å²) in [5.41, 5.74) is 2.17. The molecule has 23 heavy (non-hydrogen) atoms. The molecule has 3 aromatic rings. The minimum Gasteiger partial charge on any atom is -0.351 e. The van der Waals surface area contributed by atoms with E-state index in [0.29, 0.717) is 0 Å². The SMILES string of the molecule is Brc1cccc(CN2CCN(c3nccn4cnnc34)CC2)c1. The van der Waals surface area contributed by atoms with Gasteiger partial charge in [-0.25, -0.2) is 4.98 Å². The Kier molecular flexibility index (Phi) is 3.97. The molecule has 7 heteroatoms. The molecule has 4 rings (SSSR count). The molecule has 2 aromatic heterocycles. The fourth-order valence-electron chi connectivity index (χ4n) is 2.98. The zero-order chi connectivity index (χ0) is 15.6. The highest BCUT2D eigenvalue weighted by molar-refractivity contribution is 9.10. The number of anilines is 1. The van der Waals surface area contributed by atoms with Crippen molar-refractivity contribution in [3.63, 3.8) is 0 Å². The number of aromatic nitrogens is 4. The van der Waals surface area contributed by atoms with Crippen LogP contribution in [0.3, 0.4) is 0 Å². The second kappa shape index (κ2) is 6.25. The summed E-state index contributed by atoms with van der Waals surface area (Å²) in [6.45, 7) is 4.92. The standard InChI is InChI=1S/C16H17BrN6/c17-14-3-1-2-13(10-14)11-21-6-8-22(9-7-21)15-16-20-19-12-23(16)5-4-18-15/h1-5,10,12H,6-9,11H2. The van der Waals surface area contributed by atoms with Crippen LogP contribution in [0.25, 0.3) is 5.65 Å². The van der Waals surface area contributed by atoms with Gasteiger partial charge in [0.25, 0.3) is 0 Å². The van der Waals surface area contributed by atoms with Crippen LogP contribution in [-0.2, 0) is 6.54 Å². The van der Waals surface area contributed by atoms with E-state index in [1.165, 1.54) is 5.56 Å². The van der Waals surface area contributed by atoms with Gasteiger partial charge < -0.3 is 4.90 Å². The van der Waals surface area contributed by atoms with Crippen molar-refractivity contribution in [2.75, 3.05) is 31.1 Å². The molecular formula is C16H17BrN6. The predicted octanol–water partition coefficient (Wildman–Crippen LogP) is 2.21. The van der Waals surface area contributed by atoms with Crippen LogP contribution < -0.4 is 4.90 Å². The second-order valence-electron chi connectivity index (χ2n) is 5.71. The molecule has 3 heterocycles. The molecule has 0 N–H and O–H groups in total. The quantitative estimate of drug-likeness (QED) is 0.705. The first kappa shape index (κ1) is 14.6. The fraction of sp³-hybridized carbons (Fsp3) is 0.312. The molecule has 1 saturated heterocycles. The first-order chi connectivity index (χ1) is 11.3. The van der Waals surface area contributed by atoms with Crippen LogP contribution in [0, 0.1) is 0 Å². The number of fused-ring (bicyclic) bond motifs is 1. The second-order valence-corrected chi connectivity index (χ2v) is 6.62. The van der Waals surface area contributed by atoms with Crippen molar-refractivity contribution < 1.29 is 0 Å². The highest BCUT2D eigenvalue weighted by atomic mass is 79.9. The monoisotopic (exact) mass is 372 g/mol. The molecule has 0 amide bonds. The van der Waals surface area contributed by atoms with E-state index in [1.807, 2.05) is 10.6 Å². The van der Waals surface area contributed by atoms with Crippen molar-refractivity contribution >= 4 is 27.4 Å². The van der Waals surface area contributed by atoms with Crippen LogP contribution in [0.4, 0.5) is 5.82 Å². The van der Waals surface area contributed by atoms with Gasteiger partial charge >= 0.3 is 0 Å². The van der Waals surface area contributed by atoms with Gasteiger partial charge in [0.05, 0.1) is 0 Å². The molecule has 118 valence electrons. The Morgan fingerprint density at radius 3 is 2.83 bits per heavy atom. The lowest BCUT2D eigenvalue weighted by molar-refractivity contribution is 0.249. The Balaban J connectivity index is 1.44. The highest BCUT2D eigenvalue weighted by Gasteiger charge is 2.20. The summed E-state index contributed by atoms with van der Waals surface area (Å²) >= 11 is 3.54. The van der Waals surface area contributed by atoms with E-state index >= 15 is 0 Å². The third-order valence-electron chi connectivity index (χ3n) is 4.16. The lowest BCUT2D eigenvalue weighted by Gasteiger charge is -2.35. The summed E-state index contributed by atoms with van der Waals surface area (Å²) in [4.78, 5) is 9.27. The maximum Gasteiger partial charge on any atom is 0.203 e. The molecule has 1 fully saturated rings. The number of benzene rings is 1. The molecule has 0 spiro atoms. The lowest BCUT2D eigenvalue weighted by Crippen LogP contribution is -2.46. The Morgan fingerprint density at radius 2 is 2.00 bits per heavy atom. The first-order valence-corrected chi connectivity index (χ1v) is 8.45. The molecular weight excluding hydrogens is 356 g/mol. The van der Waals surface area contributed by atoms with Crippen molar-refractivity contribution in [2.45, 2.75) is 6.54 Å². The normalized spacial score (nSPS) is 16.1. The first-order valence-electron chi connectivity index (χ1n) is 7.66. The molecule has 0 atom stereocenters. The van der Waals surface area contributed by atoms with Gasteiger partial charge in [0, 0.05) is 49.6 Å². The topological polar surface area (TPSA) is 49.6 Å². The van der Waals surface area contributed by atoms with Crippen LogP contribution in [0.2, 0.25) is 0 Å². The van der Waals surface area contributed by atoms with Gasteiger partial charge in [-0.3, -0.25) is 9.30 Å². The molecule has 1 aromatic carbocycles. The van der Waals surface area contributed by atoms with Crippen LogP contribution >= 0.6 is 15.9 Å². The summed E-state index contributed by atoms with van der Waals surface area (Å²) in [5, 5.41) is 8.15. The van der Waals surface area contributed by atoms with Gasteiger partial charge in [-0.2, -0.15) is 0 Å². The zero-order valence-electron chi connectivity index (χ0n) is 12.6.